The van der Waals surface area contributed by atoms with Crippen molar-refractivity contribution >= 4 is 42.1 Å². The number of carbonyl (C=O) groups is 3. The van der Waals surface area contributed by atoms with Gasteiger partial charge in [-0.3, -0.25) is 19.4 Å². The predicted octanol–water partition coefficient (Wildman–Crippen LogP) is 6.63. The number of hydrogen-bond acceptors (Lipinski definition) is 5. The maximum Gasteiger partial charge on any atom is 0.309 e. The van der Waals surface area contributed by atoms with Gasteiger partial charge >= 0.3 is 5.97 Å². The smallest absolute Gasteiger partial charge is 0.309 e. The lowest BCUT2D eigenvalue weighted by atomic mass is 9.83. The molecule has 4 aromatic rings. The topological polar surface area (TPSA) is 76.0 Å². The summed E-state index contributed by atoms with van der Waals surface area (Å²) in [5, 5.41) is 4.51. The highest BCUT2D eigenvalue weighted by Gasteiger charge is 2.26. The number of Topliss-reactive ketones (excluding diaryl/α,β-unsaturated/α-hetero) is 1. The van der Waals surface area contributed by atoms with Crippen LogP contribution in [-0.4, -0.2) is 49.0 Å². The number of benzene rings is 4. The third-order valence-corrected chi connectivity index (χ3v) is 10.8. The van der Waals surface area contributed by atoms with Crippen molar-refractivity contribution in [2.45, 2.75) is 51.4 Å². The Morgan fingerprint density at radius 2 is 1.63 bits per heavy atom. The fourth-order valence-corrected chi connectivity index (χ4v) is 7.92. The van der Waals surface area contributed by atoms with Gasteiger partial charge in [0.2, 0.25) is 0 Å². The number of aliphatic imine (C=N–C) groups is 1. The zero-order valence-electron chi connectivity index (χ0n) is 29.2. The van der Waals surface area contributed by atoms with Crippen molar-refractivity contribution in [2.24, 2.45) is 16.8 Å². The molecule has 0 N–H and O–H groups in total. The fourth-order valence-electron chi connectivity index (χ4n) is 7.92. The molecule has 1 unspecified atom stereocenters. The molecule has 1 atom stereocenters. The standard InChI is InChI=1S/C35H35NO4.C10H9N/c1-40-35(39)26-12-11-24-13-14-28-27-8-5-9-31(29(27)15-16-30(28)32(24)22-26)33(37)17-10-23-18-20-36(21-19-23)34(38)25-6-3-2-4-7-25;1-2-4-10-6-8-11-7-5-9(10)3-1/h2-9,11,13-15,23,26H,10,12,16-22H2,1H3;1-5,7-8H,6H2. The molecule has 8 rings (SSSR count). The molecule has 0 spiro atoms. The minimum atomic E-state index is -0.152. The van der Waals surface area contributed by atoms with E-state index in [1.54, 1.807) is 0 Å². The van der Waals surface area contributed by atoms with Crippen molar-refractivity contribution in [1.82, 2.24) is 4.90 Å². The Hall–Kier alpha value is -5.36. The molecule has 0 radical (unpaired) electrons. The van der Waals surface area contributed by atoms with Gasteiger partial charge in [0, 0.05) is 49.5 Å². The van der Waals surface area contributed by atoms with Crippen molar-refractivity contribution in [2.75, 3.05) is 20.2 Å². The van der Waals surface area contributed by atoms with Gasteiger partial charge in [0.1, 0.15) is 0 Å². The molecule has 6 nitrogen and oxygen atoms in total. The number of likely N-dealkylation sites (tertiary alicyclic amines) is 1. The molecule has 0 saturated carbocycles. The summed E-state index contributed by atoms with van der Waals surface area (Å²) in [4.78, 5) is 44.5. The van der Waals surface area contributed by atoms with Gasteiger partial charge < -0.3 is 9.64 Å². The van der Waals surface area contributed by atoms with Gasteiger partial charge in [-0.1, -0.05) is 84.9 Å². The van der Waals surface area contributed by atoms with Crippen LogP contribution in [0.25, 0.3) is 18.2 Å². The van der Waals surface area contributed by atoms with Crippen LogP contribution in [0.2, 0.25) is 0 Å². The van der Waals surface area contributed by atoms with Crippen molar-refractivity contribution < 1.29 is 19.1 Å². The third kappa shape index (κ3) is 7.56. The number of piperidine rings is 1. The lowest BCUT2D eigenvalue weighted by Gasteiger charge is -2.32. The maximum atomic E-state index is 13.5. The summed E-state index contributed by atoms with van der Waals surface area (Å²) in [6, 6.07) is 28.2. The second kappa shape index (κ2) is 15.7. The summed E-state index contributed by atoms with van der Waals surface area (Å²) < 4.78 is 5.03. The molecular weight excluding hydrogens is 633 g/mol. The molecule has 1 amide bonds. The number of hydrogen-bond donors (Lipinski definition) is 0. The SMILES string of the molecule is C1=Cc2ccccc2CC=N1.COC(=O)C1CC=c2ccc3c(c2C1)CC=c1c(C(=O)CCC2CCN(C(=O)c4ccccc4)CC2)cccc1=3. The van der Waals surface area contributed by atoms with Crippen LogP contribution in [0.3, 0.4) is 0 Å². The molecule has 1 fully saturated rings. The Bertz CT molecular complexity index is 2230. The number of fused-ring (bicyclic) bond motifs is 5. The van der Waals surface area contributed by atoms with E-state index in [4.69, 9.17) is 4.74 Å². The zero-order valence-corrected chi connectivity index (χ0v) is 29.2. The molecular formula is C45H44N2O4. The van der Waals surface area contributed by atoms with Crippen LogP contribution in [-0.2, 0) is 28.8 Å². The van der Waals surface area contributed by atoms with Crippen molar-refractivity contribution in [3.05, 3.63) is 145 Å². The van der Waals surface area contributed by atoms with E-state index in [0.717, 1.165) is 66.8 Å². The number of nitrogens with zero attached hydrogens (tertiary/aromatic N) is 2. The maximum absolute atomic E-state index is 13.5. The van der Waals surface area contributed by atoms with E-state index >= 15 is 0 Å². The Labute approximate surface area is 299 Å². The van der Waals surface area contributed by atoms with E-state index in [-0.39, 0.29) is 23.6 Å². The zero-order chi connectivity index (χ0) is 35.2. The molecule has 1 saturated heterocycles. The fraction of sp³-hybridized carbons (Fsp3) is 0.289. The van der Waals surface area contributed by atoms with E-state index in [0.29, 0.717) is 25.2 Å². The molecule has 2 aliphatic heterocycles. The van der Waals surface area contributed by atoms with E-state index in [1.165, 1.54) is 39.8 Å². The number of rotatable bonds is 6. The summed E-state index contributed by atoms with van der Waals surface area (Å²) in [5.41, 5.74) is 6.67. The summed E-state index contributed by atoms with van der Waals surface area (Å²) in [6.07, 6.45) is 16.5. The van der Waals surface area contributed by atoms with Crippen molar-refractivity contribution in [1.29, 1.82) is 0 Å². The predicted molar refractivity (Wildman–Crippen MR) is 203 cm³/mol. The number of esters is 1. The Morgan fingerprint density at radius 1 is 0.824 bits per heavy atom. The number of amides is 1. The first kappa shape index (κ1) is 34.1. The number of ether oxygens (including phenoxy) is 1. The molecule has 258 valence electrons. The van der Waals surface area contributed by atoms with Crippen LogP contribution >= 0.6 is 0 Å². The van der Waals surface area contributed by atoms with Crippen LogP contribution in [0.15, 0.2) is 96.1 Å². The van der Waals surface area contributed by atoms with Gasteiger partial charge in [-0.15, -0.1) is 0 Å². The summed E-state index contributed by atoms with van der Waals surface area (Å²) in [5.74, 6) is 0.458. The first-order valence-electron chi connectivity index (χ1n) is 18.2. The summed E-state index contributed by atoms with van der Waals surface area (Å²) in [6.45, 7) is 1.49. The first-order chi connectivity index (χ1) is 25.0. The van der Waals surface area contributed by atoms with Crippen LogP contribution < -0.4 is 10.4 Å². The quantitative estimate of drug-likeness (QED) is 0.170. The third-order valence-electron chi connectivity index (χ3n) is 10.8. The van der Waals surface area contributed by atoms with E-state index < -0.39 is 0 Å². The molecule has 51 heavy (non-hydrogen) atoms. The average Bonchev–Trinajstić information content (AvgIpc) is 3.45. The molecule has 0 aromatic heterocycles. The Balaban J connectivity index is 0.000000313. The second-order valence-electron chi connectivity index (χ2n) is 13.8. The van der Waals surface area contributed by atoms with Gasteiger partial charge in [-0.2, -0.15) is 0 Å². The molecule has 4 aromatic carbocycles. The number of ketones is 1. The number of carbonyl (C=O) groups excluding carboxylic acids is 3. The van der Waals surface area contributed by atoms with Crippen LogP contribution in [0.1, 0.15) is 75.1 Å². The lowest BCUT2D eigenvalue weighted by molar-refractivity contribution is -0.145. The van der Waals surface area contributed by atoms with Gasteiger partial charge in [0.25, 0.3) is 5.91 Å². The average molecular weight is 677 g/mol. The monoisotopic (exact) mass is 676 g/mol. The van der Waals surface area contributed by atoms with Gasteiger partial charge in [-0.25, -0.2) is 0 Å². The number of methoxy groups -OCH3 is 1. The van der Waals surface area contributed by atoms with E-state index in [1.807, 2.05) is 65.9 Å². The Kier molecular flexibility index (Phi) is 10.5. The normalized spacial score (nSPS) is 17.1. The highest BCUT2D eigenvalue weighted by Crippen LogP contribution is 2.25. The largest absolute Gasteiger partial charge is 0.469 e. The lowest BCUT2D eigenvalue weighted by Crippen LogP contribution is -2.38. The van der Waals surface area contributed by atoms with Crippen LogP contribution in [0, 0.1) is 22.3 Å². The van der Waals surface area contributed by atoms with E-state index in [2.05, 4.69) is 59.6 Å². The van der Waals surface area contributed by atoms with Crippen LogP contribution in [0.5, 0.6) is 0 Å². The summed E-state index contributed by atoms with van der Waals surface area (Å²) in [7, 11) is 1.46. The van der Waals surface area contributed by atoms with Crippen molar-refractivity contribution in [3.63, 3.8) is 0 Å². The first-order valence-corrected chi connectivity index (χ1v) is 18.2. The highest BCUT2D eigenvalue weighted by atomic mass is 16.5. The minimum absolute atomic E-state index is 0.0989. The molecule has 2 aliphatic carbocycles. The highest BCUT2D eigenvalue weighted by molar-refractivity contribution is 5.96. The van der Waals surface area contributed by atoms with Gasteiger partial charge in [0.15, 0.2) is 5.78 Å². The van der Waals surface area contributed by atoms with Crippen LogP contribution in [0.4, 0.5) is 0 Å². The van der Waals surface area contributed by atoms with E-state index in [9.17, 15) is 14.4 Å². The second-order valence-corrected chi connectivity index (χ2v) is 13.8. The molecule has 6 heteroatoms. The van der Waals surface area contributed by atoms with Crippen molar-refractivity contribution in [3.8, 4) is 0 Å². The van der Waals surface area contributed by atoms with Gasteiger partial charge in [-0.05, 0) is 106 Å². The summed E-state index contributed by atoms with van der Waals surface area (Å²) >= 11 is 0. The Morgan fingerprint density at radius 3 is 2.45 bits per heavy atom. The molecule has 0 bridgehead atoms. The molecule has 2 heterocycles. The van der Waals surface area contributed by atoms with Gasteiger partial charge in [0.05, 0.1) is 13.0 Å². The minimum Gasteiger partial charge on any atom is -0.469 e. The molecule has 4 aliphatic rings.